The fourth-order valence-corrected chi connectivity index (χ4v) is 1.72. The van der Waals surface area contributed by atoms with Gasteiger partial charge in [0.2, 0.25) is 0 Å². The fraction of sp³-hybridized carbons (Fsp3) is 0.385. The van der Waals surface area contributed by atoms with Crippen LogP contribution < -0.4 is 4.90 Å². The SMILES string of the molecule is C#CCN(CC1CC1)c1ccnc(C(=O)O)c1. The third kappa shape index (κ3) is 2.97. The maximum atomic E-state index is 10.8. The molecule has 1 fully saturated rings. The van der Waals surface area contributed by atoms with Crippen molar-refractivity contribution in [3.63, 3.8) is 0 Å². The van der Waals surface area contributed by atoms with Crippen LogP contribution in [0, 0.1) is 18.3 Å². The highest BCUT2D eigenvalue weighted by Gasteiger charge is 2.24. The number of pyridine rings is 1. The number of rotatable bonds is 5. The Balaban J connectivity index is 2.18. The first kappa shape index (κ1) is 11.5. The standard InChI is InChI=1S/C13H14N2O2/c1-2-7-15(9-10-3-4-10)11-5-6-14-12(8-11)13(16)17/h1,5-6,8,10H,3-4,7,9H2,(H,16,17). The normalized spacial score (nSPS) is 14.1. The molecule has 4 nitrogen and oxygen atoms in total. The van der Waals surface area contributed by atoms with Crippen LogP contribution in [0.4, 0.5) is 5.69 Å². The first-order chi connectivity index (χ1) is 8.20. The smallest absolute Gasteiger partial charge is 0.354 e. The topological polar surface area (TPSA) is 53.4 Å². The van der Waals surface area contributed by atoms with E-state index in [9.17, 15) is 4.79 Å². The van der Waals surface area contributed by atoms with E-state index in [0.29, 0.717) is 12.5 Å². The molecule has 88 valence electrons. The van der Waals surface area contributed by atoms with Crippen molar-refractivity contribution in [2.45, 2.75) is 12.8 Å². The molecule has 1 N–H and O–H groups in total. The van der Waals surface area contributed by atoms with Gasteiger partial charge in [-0.1, -0.05) is 5.92 Å². The highest BCUT2D eigenvalue weighted by Crippen LogP contribution is 2.31. The van der Waals surface area contributed by atoms with Crippen LogP contribution in [-0.4, -0.2) is 29.1 Å². The van der Waals surface area contributed by atoms with Crippen molar-refractivity contribution in [1.82, 2.24) is 4.98 Å². The first-order valence-electron chi connectivity index (χ1n) is 5.58. The summed E-state index contributed by atoms with van der Waals surface area (Å²) in [5.74, 6) is 2.29. The Bertz CT molecular complexity index is 461. The van der Waals surface area contributed by atoms with Gasteiger partial charge in [-0.15, -0.1) is 6.42 Å². The number of carboxylic acid groups (broad SMARTS) is 1. The van der Waals surface area contributed by atoms with Crippen LogP contribution in [0.2, 0.25) is 0 Å². The van der Waals surface area contributed by atoms with Crippen LogP contribution in [-0.2, 0) is 0 Å². The summed E-state index contributed by atoms with van der Waals surface area (Å²) in [6, 6.07) is 3.37. The zero-order chi connectivity index (χ0) is 12.3. The Labute approximate surface area is 100 Å². The predicted octanol–water partition coefficient (Wildman–Crippen LogP) is 1.63. The summed E-state index contributed by atoms with van der Waals surface area (Å²) in [6.07, 6.45) is 9.31. The zero-order valence-corrected chi connectivity index (χ0v) is 9.47. The molecule has 1 saturated carbocycles. The highest BCUT2D eigenvalue weighted by molar-refractivity contribution is 5.86. The monoisotopic (exact) mass is 230 g/mol. The van der Waals surface area contributed by atoms with Gasteiger partial charge in [0.05, 0.1) is 6.54 Å². The molecular formula is C13H14N2O2. The lowest BCUT2D eigenvalue weighted by Crippen LogP contribution is -2.26. The molecule has 0 unspecified atom stereocenters. The van der Waals surface area contributed by atoms with Gasteiger partial charge in [0.15, 0.2) is 0 Å². The molecule has 1 aliphatic rings. The van der Waals surface area contributed by atoms with Gasteiger partial charge < -0.3 is 10.0 Å². The molecule has 0 spiro atoms. The van der Waals surface area contributed by atoms with E-state index in [1.807, 2.05) is 4.90 Å². The molecule has 0 saturated heterocycles. The average molecular weight is 230 g/mol. The molecular weight excluding hydrogens is 216 g/mol. The van der Waals surface area contributed by atoms with E-state index in [-0.39, 0.29) is 5.69 Å². The number of hydrogen-bond acceptors (Lipinski definition) is 3. The Kier molecular flexibility index (Phi) is 3.29. The molecule has 4 heteroatoms. The van der Waals surface area contributed by atoms with Crippen molar-refractivity contribution in [1.29, 1.82) is 0 Å². The summed E-state index contributed by atoms with van der Waals surface area (Å²) in [5.41, 5.74) is 0.891. The second-order valence-corrected chi connectivity index (χ2v) is 4.23. The summed E-state index contributed by atoms with van der Waals surface area (Å²) in [6.45, 7) is 1.40. The molecule has 0 amide bonds. The van der Waals surface area contributed by atoms with Crippen molar-refractivity contribution in [3.05, 3.63) is 24.0 Å². The lowest BCUT2D eigenvalue weighted by Gasteiger charge is -2.22. The first-order valence-corrected chi connectivity index (χ1v) is 5.58. The third-order valence-corrected chi connectivity index (χ3v) is 2.79. The summed E-state index contributed by atoms with van der Waals surface area (Å²) >= 11 is 0. The Hall–Kier alpha value is -2.02. The molecule has 2 rings (SSSR count). The Morgan fingerprint density at radius 2 is 2.41 bits per heavy atom. The van der Waals surface area contributed by atoms with Crippen LogP contribution >= 0.6 is 0 Å². The summed E-state index contributed by atoms with van der Waals surface area (Å²) in [5, 5.41) is 8.89. The van der Waals surface area contributed by atoms with Gasteiger partial charge in [-0.2, -0.15) is 0 Å². The largest absolute Gasteiger partial charge is 0.477 e. The molecule has 1 aromatic heterocycles. The van der Waals surface area contributed by atoms with Crippen molar-refractivity contribution in [2.24, 2.45) is 5.92 Å². The van der Waals surface area contributed by atoms with Crippen molar-refractivity contribution >= 4 is 11.7 Å². The zero-order valence-electron chi connectivity index (χ0n) is 9.47. The molecule has 1 aliphatic carbocycles. The molecule has 0 aliphatic heterocycles. The number of anilines is 1. The Morgan fingerprint density at radius 3 is 3.00 bits per heavy atom. The number of carboxylic acids is 1. The van der Waals surface area contributed by atoms with E-state index in [0.717, 1.165) is 12.2 Å². The average Bonchev–Trinajstić information content (AvgIpc) is 3.12. The summed E-state index contributed by atoms with van der Waals surface area (Å²) < 4.78 is 0. The van der Waals surface area contributed by atoms with E-state index in [2.05, 4.69) is 10.9 Å². The minimum Gasteiger partial charge on any atom is -0.477 e. The van der Waals surface area contributed by atoms with Crippen LogP contribution in [0.25, 0.3) is 0 Å². The Morgan fingerprint density at radius 1 is 1.65 bits per heavy atom. The molecule has 0 atom stereocenters. The number of carbonyl (C=O) groups is 1. The lowest BCUT2D eigenvalue weighted by atomic mass is 10.2. The summed E-state index contributed by atoms with van der Waals surface area (Å²) in [7, 11) is 0. The molecule has 0 radical (unpaired) electrons. The van der Waals surface area contributed by atoms with Gasteiger partial charge in [-0.05, 0) is 30.9 Å². The van der Waals surface area contributed by atoms with Gasteiger partial charge in [-0.3, -0.25) is 0 Å². The van der Waals surface area contributed by atoms with Crippen LogP contribution in [0.1, 0.15) is 23.3 Å². The van der Waals surface area contributed by atoms with Gasteiger partial charge in [0, 0.05) is 18.4 Å². The second kappa shape index (κ2) is 4.88. The van der Waals surface area contributed by atoms with Crippen molar-refractivity contribution in [2.75, 3.05) is 18.0 Å². The molecule has 0 bridgehead atoms. The maximum absolute atomic E-state index is 10.8. The third-order valence-electron chi connectivity index (χ3n) is 2.79. The van der Waals surface area contributed by atoms with Gasteiger partial charge in [0.1, 0.15) is 5.69 Å². The van der Waals surface area contributed by atoms with Gasteiger partial charge in [0.25, 0.3) is 0 Å². The van der Waals surface area contributed by atoms with E-state index >= 15 is 0 Å². The quantitative estimate of drug-likeness (QED) is 0.781. The number of aromatic nitrogens is 1. The molecule has 0 aromatic carbocycles. The number of terminal acetylenes is 1. The molecule has 1 heterocycles. The second-order valence-electron chi connectivity index (χ2n) is 4.23. The molecule has 1 aromatic rings. The number of hydrogen-bond donors (Lipinski definition) is 1. The van der Waals surface area contributed by atoms with E-state index in [4.69, 9.17) is 11.5 Å². The number of aromatic carboxylic acids is 1. The maximum Gasteiger partial charge on any atom is 0.354 e. The van der Waals surface area contributed by atoms with Crippen LogP contribution in [0.15, 0.2) is 18.3 Å². The van der Waals surface area contributed by atoms with Gasteiger partial charge >= 0.3 is 5.97 Å². The van der Waals surface area contributed by atoms with Crippen molar-refractivity contribution in [3.8, 4) is 12.3 Å². The van der Waals surface area contributed by atoms with Gasteiger partial charge in [-0.25, -0.2) is 9.78 Å². The minimum absolute atomic E-state index is 0.0559. The molecule has 17 heavy (non-hydrogen) atoms. The number of nitrogens with zero attached hydrogens (tertiary/aromatic N) is 2. The van der Waals surface area contributed by atoms with E-state index < -0.39 is 5.97 Å². The highest BCUT2D eigenvalue weighted by atomic mass is 16.4. The van der Waals surface area contributed by atoms with Crippen molar-refractivity contribution < 1.29 is 9.90 Å². The van der Waals surface area contributed by atoms with Crippen LogP contribution in [0.3, 0.4) is 0 Å². The lowest BCUT2D eigenvalue weighted by molar-refractivity contribution is 0.0690. The fourth-order valence-electron chi connectivity index (χ4n) is 1.72. The predicted molar refractivity (Wildman–Crippen MR) is 65.0 cm³/mol. The van der Waals surface area contributed by atoms with Crippen LogP contribution in [0.5, 0.6) is 0 Å². The van der Waals surface area contributed by atoms with E-state index in [1.54, 1.807) is 12.1 Å². The minimum atomic E-state index is -1.01. The van der Waals surface area contributed by atoms with E-state index in [1.165, 1.54) is 19.0 Å². The summed E-state index contributed by atoms with van der Waals surface area (Å²) in [4.78, 5) is 16.7.